The Morgan fingerprint density at radius 1 is 1.23 bits per heavy atom. The molecule has 0 spiro atoms. The average Bonchev–Trinajstić information content (AvgIpc) is 3.02. The molecule has 0 unspecified atom stereocenters. The number of carboxylic acids is 1. The molecule has 1 aromatic heterocycles. The lowest BCUT2D eigenvalue weighted by atomic mass is 10.2. The predicted octanol–water partition coefficient (Wildman–Crippen LogP) is -0.627. The van der Waals surface area contributed by atoms with E-state index in [9.17, 15) is 33.9 Å². The van der Waals surface area contributed by atoms with Crippen LogP contribution in [0.1, 0.15) is 16.8 Å². The Balaban J connectivity index is 1.98. The highest BCUT2D eigenvalue weighted by Crippen LogP contribution is 2.33. The number of carbonyl (C=O) groups excluding carboxylic acids is 5. The second kappa shape index (κ2) is 12.8. The van der Waals surface area contributed by atoms with Gasteiger partial charge in [0.2, 0.25) is 11.8 Å². The van der Waals surface area contributed by atoms with E-state index in [1.54, 1.807) is 12.1 Å². The SMILES string of the molecule is COc1cc(C(=O)N[C@H]2CN(C(=O)CO)c3ccccc3N(CC(=O)N[C@H](C=O)CC(=O)O)C2=O)cc(Cl)n1. The fourth-order valence-corrected chi connectivity index (χ4v) is 4.05. The Morgan fingerprint density at radius 2 is 1.92 bits per heavy atom. The minimum Gasteiger partial charge on any atom is -0.481 e. The number of benzene rings is 1. The summed E-state index contributed by atoms with van der Waals surface area (Å²) in [6.07, 6.45) is -0.418. The first kappa shape index (κ1) is 29.0. The van der Waals surface area contributed by atoms with E-state index >= 15 is 0 Å². The number of nitrogens with one attached hydrogen (secondary N) is 2. The standard InChI is InChI=1S/C24H24ClN5O9/c1-39-20-7-13(6-18(25)28-20)23(37)27-15-9-29(21(34)12-32)16-4-2-3-5-17(16)30(24(15)38)10-19(33)26-14(11-31)8-22(35)36/h2-7,11,14-15,32H,8-10,12H2,1H3,(H,26,33)(H,27,37)(H,35,36)/t14-,15-/m0/s1. The van der Waals surface area contributed by atoms with Gasteiger partial charge in [0.05, 0.1) is 37.5 Å². The number of aliphatic hydroxyl groups excluding tert-OH is 1. The van der Waals surface area contributed by atoms with Gasteiger partial charge in [0, 0.05) is 11.6 Å². The zero-order valence-corrected chi connectivity index (χ0v) is 21.3. The van der Waals surface area contributed by atoms with E-state index < -0.39 is 67.8 Å². The molecule has 3 rings (SSSR count). The third-order valence-electron chi connectivity index (χ3n) is 5.58. The van der Waals surface area contributed by atoms with Crippen molar-refractivity contribution in [2.75, 3.05) is 36.6 Å². The normalized spacial score (nSPS) is 15.5. The van der Waals surface area contributed by atoms with Gasteiger partial charge in [-0.3, -0.25) is 28.9 Å². The van der Waals surface area contributed by atoms with Gasteiger partial charge in [0.25, 0.3) is 17.7 Å². The number of pyridine rings is 1. The zero-order chi connectivity index (χ0) is 28.7. The predicted molar refractivity (Wildman–Crippen MR) is 136 cm³/mol. The Hall–Kier alpha value is -4.56. The van der Waals surface area contributed by atoms with Gasteiger partial charge in [-0.25, -0.2) is 4.98 Å². The van der Waals surface area contributed by atoms with Gasteiger partial charge < -0.3 is 35.3 Å². The summed E-state index contributed by atoms with van der Waals surface area (Å²) in [6.45, 7) is -1.98. The second-order valence-electron chi connectivity index (χ2n) is 8.23. The van der Waals surface area contributed by atoms with Crippen LogP contribution >= 0.6 is 11.6 Å². The number of halogens is 1. The maximum atomic E-state index is 13.7. The zero-order valence-electron chi connectivity index (χ0n) is 20.5. The van der Waals surface area contributed by atoms with Crippen molar-refractivity contribution in [3.63, 3.8) is 0 Å². The molecular weight excluding hydrogens is 538 g/mol. The quantitative estimate of drug-likeness (QED) is 0.214. The van der Waals surface area contributed by atoms with Crippen LogP contribution in [0.3, 0.4) is 0 Å². The number of carbonyl (C=O) groups is 6. The van der Waals surface area contributed by atoms with Crippen LogP contribution in [0.5, 0.6) is 5.88 Å². The lowest BCUT2D eigenvalue weighted by Crippen LogP contribution is -2.55. The first-order valence-electron chi connectivity index (χ1n) is 11.4. The summed E-state index contributed by atoms with van der Waals surface area (Å²) in [4.78, 5) is 80.3. The molecule has 0 aliphatic carbocycles. The third-order valence-corrected chi connectivity index (χ3v) is 5.78. The summed E-state index contributed by atoms with van der Waals surface area (Å²) >= 11 is 5.95. The van der Waals surface area contributed by atoms with Crippen LogP contribution in [-0.2, 0) is 24.0 Å². The van der Waals surface area contributed by atoms with Crippen LogP contribution < -0.4 is 25.2 Å². The van der Waals surface area contributed by atoms with Gasteiger partial charge in [-0.2, -0.15) is 0 Å². The fraction of sp³-hybridized carbons (Fsp3) is 0.292. The van der Waals surface area contributed by atoms with Crippen molar-refractivity contribution >= 4 is 58.9 Å². The smallest absolute Gasteiger partial charge is 0.305 e. The number of ether oxygens (including phenoxy) is 1. The Labute approximate surface area is 226 Å². The molecule has 15 heteroatoms. The minimum atomic E-state index is -1.41. The van der Waals surface area contributed by atoms with Crippen molar-refractivity contribution in [2.24, 2.45) is 0 Å². The molecule has 0 saturated heterocycles. The molecule has 4 amide bonds. The van der Waals surface area contributed by atoms with Crippen LogP contribution in [0, 0.1) is 0 Å². The molecule has 1 aliphatic rings. The number of carboxylic acid groups (broad SMARTS) is 1. The Kier molecular flexibility index (Phi) is 9.52. The average molecular weight is 562 g/mol. The summed E-state index contributed by atoms with van der Waals surface area (Å²) < 4.78 is 5.01. The van der Waals surface area contributed by atoms with Crippen LogP contribution in [0.4, 0.5) is 11.4 Å². The highest BCUT2D eigenvalue weighted by Gasteiger charge is 2.37. The number of hydrogen-bond acceptors (Lipinski definition) is 9. The van der Waals surface area contributed by atoms with Crippen molar-refractivity contribution in [2.45, 2.75) is 18.5 Å². The highest BCUT2D eigenvalue weighted by molar-refractivity contribution is 6.29. The maximum Gasteiger partial charge on any atom is 0.305 e. The monoisotopic (exact) mass is 561 g/mol. The summed E-state index contributed by atoms with van der Waals surface area (Å²) in [5.74, 6) is -4.51. The topological polar surface area (TPSA) is 196 Å². The molecule has 2 aromatic rings. The van der Waals surface area contributed by atoms with E-state index in [-0.39, 0.29) is 34.3 Å². The number of methoxy groups -OCH3 is 1. The highest BCUT2D eigenvalue weighted by atomic mass is 35.5. The second-order valence-corrected chi connectivity index (χ2v) is 8.62. The van der Waals surface area contributed by atoms with E-state index in [2.05, 4.69) is 15.6 Å². The van der Waals surface area contributed by atoms with Crippen LogP contribution in [0.2, 0.25) is 5.15 Å². The number of para-hydroxylation sites is 2. The van der Waals surface area contributed by atoms with Gasteiger partial charge in [0.1, 0.15) is 30.6 Å². The number of fused-ring (bicyclic) bond motifs is 1. The molecule has 206 valence electrons. The molecule has 2 atom stereocenters. The number of rotatable bonds is 10. The van der Waals surface area contributed by atoms with Crippen molar-refractivity contribution in [3.8, 4) is 5.88 Å². The van der Waals surface area contributed by atoms with Gasteiger partial charge in [0.15, 0.2) is 0 Å². The molecule has 14 nitrogen and oxygen atoms in total. The number of aliphatic hydroxyl groups is 1. The summed E-state index contributed by atoms with van der Waals surface area (Å²) in [7, 11) is 1.32. The van der Waals surface area contributed by atoms with Crippen LogP contribution in [0.25, 0.3) is 0 Å². The van der Waals surface area contributed by atoms with Crippen LogP contribution in [-0.4, -0.2) is 90.0 Å². The van der Waals surface area contributed by atoms with Gasteiger partial charge in [-0.1, -0.05) is 23.7 Å². The summed E-state index contributed by atoms with van der Waals surface area (Å²) in [6, 6.07) is 5.80. The van der Waals surface area contributed by atoms with Gasteiger partial charge in [-0.15, -0.1) is 0 Å². The summed E-state index contributed by atoms with van der Waals surface area (Å²) in [5, 5.41) is 23.2. The van der Waals surface area contributed by atoms with Crippen molar-refractivity contribution in [3.05, 3.63) is 47.1 Å². The largest absolute Gasteiger partial charge is 0.481 e. The molecule has 2 heterocycles. The van der Waals surface area contributed by atoms with Crippen molar-refractivity contribution in [1.82, 2.24) is 15.6 Å². The number of aromatic nitrogens is 1. The molecule has 0 bridgehead atoms. The molecule has 1 aromatic carbocycles. The molecule has 0 fully saturated rings. The van der Waals surface area contributed by atoms with Gasteiger partial charge in [-0.05, 0) is 18.2 Å². The Bertz CT molecular complexity index is 1300. The van der Waals surface area contributed by atoms with Crippen molar-refractivity contribution < 1.29 is 43.7 Å². The number of anilines is 2. The van der Waals surface area contributed by atoms with E-state index in [0.29, 0.717) is 0 Å². The summed E-state index contributed by atoms with van der Waals surface area (Å²) in [5.41, 5.74) is 0.263. The molecule has 4 N–H and O–H groups in total. The first-order valence-corrected chi connectivity index (χ1v) is 11.8. The number of amides is 4. The molecule has 1 aliphatic heterocycles. The third kappa shape index (κ3) is 7.06. The van der Waals surface area contributed by atoms with Gasteiger partial charge >= 0.3 is 5.97 Å². The van der Waals surface area contributed by atoms with Crippen LogP contribution in [0.15, 0.2) is 36.4 Å². The number of aliphatic carboxylic acids is 1. The number of hydrogen-bond donors (Lipinski definition) is 4. The lowest BCUT2D eigenvalue weighted by molar-refractivity contribution is -0.139. The molecule has 0 radical (unpaired) electrons. The fourth-order valence-electron chi connectivity index (χ4n) is 3.85. The lowest BCUT2D eigenvalue weighted by Gasteiger charge is -2.25. The van der Waals surface area contributed by atoms with E-state index in [1.807, 2.05) is 0 Å². The minimum absolute atomic E-state index is 0.00626. The maximum absolute atomic E-state index is 13.7. The van der Waals surface area contributed by atoms with Crippen molar-refractivity contribution in [1.29, 1.82) is 0 Å². The van der Waals surface area contributed by atoms with E-state index in [0.717, 1.165) is 9.80 Å². The Morgan fingerprint density at radius 3 is 2.54 bits per heavy atom. The first-order chi connectivity index (χ1) is 18.6. The molecule has 0 saturated carbocycles. The van der Waals surface area contributed by atoms with E-state index in [1.165, 1.54) is 31.4 Å². The molecule has 39 heavy (non-hydrogen) atoms. The number of nitrogens with zero attached hydrogens (tertiary/aromatic N) is 3. The molecular formula is C24H24ClN5O9. The number of aldehydes is 1. The van der Waals surface area contributed by atoms with E-state index in [4.69, 9.17) is 21.4 Å².